The van der Waals surface area contributed by atoms with Gasteiger partial charge in [-0.25, -0.2) is 8.42 Å². The van der Waals surface area contributed by atoms with Crippen LogP contribution in [-0.4, -0.2) is 82.8 Å². The number of hydrogen-bond donors (Lipinski definition) is 3. The minimum Gasteiger partial charge on any atom is -0.480 e. The molecule has 0 bridgehead atoms. The van der Waals surface area contributed by atoms with Crippen molar-refractivity contribution in [3.8, 4) is 0 Å². The minimum absolute atomic E-state index is 0.134. The van der Waals surface area contributed by atoms with Gasteiger partial charge in [0.15, 0.2) is 0 Å². The maximum atomic E-state index is 15.1. The summed E-state index contributed by atoms with van der Waals surface area (Å²) < 4.78 is 56.3. The molecule has 3 rings (SSSR count). The van der Waals surface area contributed by atoms with Gasteiger partial charge in [0.2, 0.25) is 0 Å². The van der Waals surface area contributed by atoms with Gasteiger partial charge >= 0.3 is 11.2 Å². The van der Waals surface area contributed by atoms with Crippen molar-refractivity contribution in [2.45, 2.75) is 62.8 Å². The van der Waals surface area contributed by atoms with Crippen molar-refractivity contribution in [3.05, 3.63) is 34.4 Å². The third-order valence-corrected chi connectivity index (χ3v) is 8.78. The SMILES string of the molecule is Cc1cc(C(=O)N2CCC(O)CC2)cc(C)c1CC(F)(F)S(=O)(=O)N1CCC(N)(C(=O)O)CC1. The molecule has 190 valence electrons. The smallest absolute Gasteiger partial charge is 0.363 e. The standard InChI is InChI=1S/C22H31F2N3O6S/c1-14-11-16(19(29)26-7-3-17(28)4-8-26)12-15(2)18(14)13-22(23,24)34(32,33)27-9-5-21(25,6-10-27)20(30)31/h11-12,17,28H,3-10,13,25H2,1-2H3,(H,30,31). The lowest BCUT2D eigenvalue weighted by Crippen LogP contribution is -2.58. The van der Waals surface area contributed by atoms with Crippen LogP contribution in [0.1, 0.15) is 52.7 Å². The number of sulfonamides is 1. The first-order valence-corrected chi connectivity index (χ1v) is 12.6. The minimum atomic E-state index is -5.07. The zero-order valence-electron chi connectivity index (χ0n) is 19.3. The molecule has 0 saturated carbocycles. The topological polar surface area (TPSA) is 141 Å². The number of halogens is 2. The Bertz CT molecular complexity index is 1040. The van der Waals surface area contributed by atoms with Crippen LogP contribution in [0.2, 0.25) is 0 Å². The van der Waals surface area contributed by atoms with Gasteiger partial charge in [0.1, 0.15) is 5.54 Å². The van der Waals surface area contributed by atoms with Crippen molar-refractivity contribution in [3.63, 3.8) is 0 Å². The van der Waals surface area contributed by atoms with E-state index in [4.69, 9.17) is 5.73 Å². The summed E-state index contributed by atoms with van der Waals surface area (Å²) >= 11 is 0. The number of amides is 1. The molecule has 34 heavy (non-hydrogen) atoms. The van der Waals surface area contributed by atoms with Gasteiger partial charge in [0.25, 0.3) is 15.9 Å². The van der Waals surface area contributed by atoms with Crippen LogP contribution in [0.5, 0.6) is 0 Å². The van der Waals surface area contributed by atoms with Gasteiger partial charge in [-0.1, -0.05) is 0 Å². The molecular weight excluding hydrogens is 472 g/mol. The molecular formula is C22H31F2N3O6S. The number of nitrogens with two attached hydrogens (primary N) is 1. The molecule has 0 unspecified atom stereocenters. The number of rotatable bonds is 6. The van der Waals surface area contributed by atoms with E-state index >= 15 is 8.78 Å². The molecule has 12 heteroatoms. The quantitative estimate of drug-likeness (QED) is 0.530. The van der Waals surface area contributed by atoms with Gasteiger partial charge in [0.05, 0.1) is 12.5 Å². The largest absolute Gasteiger partial charge is 0.480 e. The molecule has 0 radical (unpaired) electrons. The molecule has 0 aromatic heterocycles. The predicted molar refractivity (Wildman–Crippen MR) is 120 cm³/mol. The first-order valence-electron chi connectivity index (χ1n) is 11.2. The van der Waals surface area contributed by atoms with E-state index in [1.54, 1.807) is 18.7 Å². The second kappa shape index (κ2) is 9.48. The Morgan fingerprint density at radius 3 is 2.09 bits per heavy atom. The molecule has 2 fully saturated rings. The number of aliphatic hydroxyl groups is 1. The molecule has 2 aliphatic rings. The van der Waals surface area contributed by atoms with Gasteiger partial charge in [-0.3, -0.25) is 9.59 Å². The number of aliphatic hydroxyl groups excluding tert-OH is 1. The predicted octanol–water partition coefficient (Wildman–Crippen LogP) is 1.24. The number of carbonyl (C=O) groups excluding carboxylic acids is 1. The number of aliphatic carboxylic acids is 1. The Balaban J connectivity index is 1.77. The molecule has 0 atom stereocenters. The summed E-state index contributed by atoms with van der Waals surface area (Å²) in [6, 6.07) is 2.96. The van der Waals surface area contributed by atoms with Gasteiger partial charge in [0, 0.05) is 31.7 Å². The van der Waals surface area contributed by atoms with E-state index in [1.807, 2.05) is 0 Å². The van der Waals surface area contributed by atoms with Gasteiger partial charge in [-0.05, 0) is 68.4 Å². The first kappa shape index (κ1) is 26.5. The van der Waals surface area contributed by atoms with Crippen LogP contribution >= 0.6 is 0 Å². The van der Waals surface area contributed by atoms with Crippen LogP contribution in [0.4, 0.5) is 8.78 Å². The van der Waals surface area contributed by atoms with Crippen LogP contribution in [0.25, 0.3) is 0 Å². The number of piperidine rings is 2. The number of hydrogen-bond acceptors (Lipinski definition) is 6. The summed E-state index contributed by atoms with van der Waals surface area (Å²) in [5, 5.41) is 14.7. The second-order valence-electron chi connectivity index (χ2n) is 9.29. The van der Waals surface area contributed by atoms with Crippen molar-refractivity contribution in [1.82, 2.24) is 9.21 Å². The first-order chi connectivity index (χ1) is 15.7. The van der Waals surface area contributed by atoms with Gasteiger partial charge in [-0.2, -0.15) is 13.1 Å². The van der Waals surface area contributed by atoms with E-state index in [0.717, 1.165) is 0 Å². The van der Waals surface area contributed by atoms with Crippen LogP contribution in [0.3, 0.4) is 0 Å². The average molecular weight is 504 g/mol. The lowest BCUT2D eigenvalue weighted by Gasteiger charge is -2.37. The summed E-state index contributed by atoms with van der Waals surface area (Å²) in [6.07, 6.45) is -1.09. The molecule has 2 saturated heterocycles. The molecule has 1 amide bonds. The maximum Gasteiger partial charge on any atom is 0.363 e. The molecule has 2 heterocycles. The Labute approximate surface area is 197 Å². The van der Waals surface area contributed by atoms with E-state index in [9.17, 15) is 28.2 Å². The highest BCUT2D eigenvalue weighted by atomic mass is 32.2. The number of nitrogens with zero attached hydrogens (tertiary/aromatic N) is 2. The van der Waals surface area contributed by atoms with Crippen molar-refractivity contribution in [2.75, 3.05) is 26.2 Å². The molecule has 9 nitrogen and oxygen atoms in total. The highest BCUT2D eigenvalue weighted by molar-refractivity contribution is 7.90. The zero-order chi connectivity index (χ0) is 25.5. The zero-order valence-corrected chi connectivity index (χ0v) is 20.1. The van der Waals surface area contributed by atoms with Gasteiger partial charge in [-0.15, -0.1) is 0 Å². The monoisotopic (exact) mass is 503 g/mol. The molecule has 0 aliphatic carbocycles. The second-order valence-corrected chi connectivity index (χ2v) is 11.4. The third-order valence-electron chi connectivity index (χ3n) is 6.84. The van der Waals surface area contributed by atoms with E-state index in [0.29, 0.717) is 46.9 Å². The Morgan fingerprint density at radius 2 is 1.62 bits per heavy atom. The van der Waals surface area contributed by atoms with E-state index in [2.05, 4.69) is 0 Å². The van der Waals surface area contributed by atoms with Crippen LogP contribution in [0.15, 0.2) is 12.1 Å². The summed E-state index contributed by atoms with van der Waals surface area (Å²) in [5.41, 5.74) is 5.30. The highest BCUT2D eigenvalue weighted by Crippen LogP contribution is 2.35. The molecule has 1 aromatic carbocycles. The van der Waals surface area contributed by atoms with E-state index in [-0.39, 0.29) is 24.3 Å². The number of alkyl halides is 2. The van der Waals surface area contributed by atoms with Crippen molar-refractivity contribution < 1.29 is 37.0 Å². The molecule has 1 aromatic rings. The van der Waals surface area contributed by atoms with Crippen molar-refractivity contribution >= 4 is 21.9 Å². The van der Waals surface area contributed by atoms with E-state index < -0.39 is 52.4 Å². The van der Waals surface area contributed by atoms with Crippen molar-refractivity contribution in [1.29, 1.82) is 0 Å². The summed E-state index contributed by atoms with van der Waals surface area (Å²) in [6.45, 7) is 3.10. The normalized spacial score (nSPS) is 20.4. The van der Waals surface area contributed by atoms with Crippen LogP contribution < -0.4 is 5.73 Å². The fourth-order valence-corrected chi connectivity index (χ4v) is 5.84. The lowest BCUT2D eigenvalue weighted by molar-refractivity contribution is -0.144. The Hall–Kier alpha value is -2.15. The molecule has 2 aliphatic heterocycles. The number of carbonyl (C=O) groups is 2. The van der Waals surface area contributed by atoms with Gasteiger partial charge < -0.3 is 20.8 Å². The summed E-state index contributed by atoms with van der Waals surface area (Å²) in [4.78, 5) is 25.7. The van der Waals surface area contributed by atoms with Crippen LogP contribution in [-0.2, 0) is 21.2 Å². The number of carboxylic acid groups (broad SMARTS) is 1. The average Bonchev–Trinajstić information content (AvgIpc) is 2.76. The summed E-state index contributed by atoms with van der Waals surface area (Å²) in [7, 11) is -5.07. The maximum absolute atomic E-state index is 15.1. The number of aryl methyl sites for hydroxylation is 2. The van der Waals surface area contributed by atoms with E-state index in [1.165, 1.54) is 12.1 Å². The Kier molecular flexibility index (Phi) is 7.38. The highest BCUT2D eigenvalue weighted by Gasteiger charge is 2.51. The molecule has 4 N–H and O–H groups in total. The molecule has 0 spiro atoms. The lowest BCUT2D eigenvalue weighted by atomic mass is 9.90. The van der Waals surface area contributed by atoms with Crippen molar-refractivity contribution in [2.24, 2.45) is 5.73 Å². The number of benzene rings is 1. The van der Waals surface area contributed by atoms with Crippen LogP contribution in [0, 0.1) is 13.8 Å². The fraction of sp³-hybridized carbons (Fsp3) is 0.636. The Morgan fingerprint density at radius 1 is 1.12 bits per heavy atom. The summed E-state index contributed by atoms with van der Waals surface area (Å²) in [5.74, 6) is -1.56. The third kappa shape index (κ3) is 5.09. The fourth-order valence-electron chi connectivity index (χ4n) is 4.47. The number of carboxylic acids is 1. The number of likely N-dealkylation sites (tertiary alicyclic amines) is 1.